The van der Waals surface area contributed by atoms with E-state index in [1.165, 1.54) is 29.4 Å². The molecule has 2 fully saturated rings. The van der Waals surface area contributed by atoms with Crippen molar-refractivity contribution in [3.05, 3.63) is 35.9 Å². The number of halogens is 3. The summed E-state index contributed by atoms with van der Waals surface area (Å²) in [5, 5.41) is 3.40. The number of anilines is 2. The van der Waals surface area contributed by atoms with Gasteiger partial charge in [-0.3, -0.25) is 25.3 Å². The van der Waals surface area contributed by atoms with Crippen molar-refractivity contribution in [3.63, 3.8) is 0 Å². The zero-order chi connectivity index (χ0) is 25.5. The second kappa shape index (κ2) is 11.6. The number of nitrogens with zero attached hydrogens (tertiary/aromatic N) is 3. The van der Waals surface area contributed by atoms with Gasteiger partial charge < -0.3 is 26.1 Å². The molecule has 15 heteroatoms. The van der Waals surface area contributed by atoms with Crippen LogP contribution < -0.4 is 37.5 Å². The third-order valence-corrected chi connectivity index (χ3v) is 5.47. The molecule has 0 spiro atoms. The molecule has 0 bridgehead atoms. The van der Waals surface area contributed by atoms with Crippen LogP contribution in [0.4, 0.5) is 29.3 Å². The van der Waals surface area contributed by atoms with Crippen molar-refractivity contribution in [2.24, 2.45) is 11.6 Å². The lowest BCUT2D eigenvalue weighted by Crippen LogP contribution is -2.44. The lowest BCUT2D eigenvalue weighted by Gasteiger charge is -2.24. The van der Waals surface area contributed by atoms with E-state index < -0.39 is 30.3 Å². The summed E-state index contributed by atoms with van der Waals surface area (Å²) < 4.78 is 44.7. The minimum atomic E-state index is -3.17. The molecular formula is C20H27F3N8O4. The van der Waals surface area contributed by atoms with Gasteiger partial charge in [0.1, 0.15) is 11.9 Å². The fourth-order valence-corrected chi connectivity index (χ4v) is 3.65. The molecule has 0 aliphatic carbocycles. The van der Waals surface area contributed by atoms with Gasteiger partial charge in [0.05, 0.1) is 43.1 Å². The maximum absolute atomic E-state index is 15.0. The topological polar surface area (TPSA) is 158 Å². The number of rotatable bonds is 8. The zero-order valence-corrected chi connectivity index (χ0v) is 18.7. The van der Waals surface area contributed by atoms with E-state index in [2.05, 4.69) is 10.9 Å². The van der Waals surface area contributed by atoms with Crippen molar-refractivity contribution in [2.45, 2.75) is 19.0 Å². The summed E-state index contributed by atoms with van der Waals surface area (Å²) in [5.41, 5.74) is 11.6. The third-order valence-electron chi connectivity index (χ3n) is 5.47. The first-order valence-corrected chi connectivity index (χ1v) is 10.7. The molecule has 0 radical (unpaired) electrons. The van der Waals surface area contributed by atoms with E-state index in [9.17, 15) is 23.2 Å². The number of carbonyl (C=O) groups is 3. The maximum Gasteiger partial charge on any atom is 0.414 e. The minimum absolute atomic E-state index is 0.0260. The van der Waals surface area contributed by atoms with Crippen molar-refractivity contribution < 1.29 is 32.3 Å². The van der Waals surface area contributed by atoms with Crippen LogP contribution in [0.2, 0.25) is 0 Å². The van der Waals surface area contributed by atoms with Crippen LogP contribution in [0.15, 0.2) is 30.1 Å². The van der Waals surface area contributed by atoms with Crippen molar-refractivity contribution in [1.82, 2.24) is 21.2 Å². The summed E-state index contributed by atoms with van der Waals surface area (Å²) in [6, 6.07) is 4.21. The smallest absolute Gasteiger partial charge is 0.414 e. The Morgan fingerprint density at radius 2 is 2.06 bits per heavy atom. The first kappa shape index (κ1) is 25.9. The van der Waals surface area contributed by atoms with E-state index in [1.54, 1.807) is 4.90 Å². The Balaban J connectivity index is 1.60. The Labute approximate surface area is 198 Å². The molecular weight excluding hydrogens is 473 g/mol. The molecule has 2 aliphatic heterocycles. The van der Waals surface area contributed by atoms with Gasteiger partial charge in [-0.25, -0.2) is 14.6 Å². The Morgan fingerprint density at radius 1 is 1.29 bits per heavy atom. The van der Waals surface area contributed by atoms with Crippen molar-refractivity contribution >= 4 is 29.3 Å². The summed E-state index contributed by atoms with van der Waals surface area (Å²) >= 11 is 0. The van der Waals surface area contributed by atoms with Gasteiger partial charge in [0.25, 0.3) is 5.91 Å². The molecule has 2 aliphatic rings. The molecule has 1 atom stereocenters. The van der Waals surface area contributed by atoms with Crippen LogP contribution in [0.1, 0.15) is 6.42 Å². The first-order chi connectivity index (χ1) is 16.7. The lowest BCUT2D eigenvalue weighted by atomic mass is 10.2. The largest absolute Gasteiger partial charge is 0.442 e. The molecule has 1 aromatic carbocycles. The van der Waals surface area contributed by atoms with Crippen LogP contribution in [-0.2, 0) is 14.3 Å². The van der Waals surface area contributed by atoms with Crippen LogP contribution >= 0.6 is 0 Å². The number of carbonyl (C=O) groups excluding carboxylic acids is 3. The molecule has 2 heterocycles. The maximum atomic E-state index is 15.0. The number of hydrogen-bond acceptors (Lipinski definition) is 9. The van der Waals surface area contributed by atoms with Gasteiger partial charge in [-0.05, 0) is 18.2 Å². The molecule has 35 heavy (non-hydrogen) atoms. The van der Waals surface area contributed by atoms with E-state index in [0.29, 0.717) is 25.3 Å². The van der Waals surface area contributed by atoms with Gasteiger partial charge >= 0.3 is 12.5 Å². The van der Waals surface area contributed by atoms with Crippen LogP contribution in [0.5, 0.6) is 0 Å². The Kier molecular flexibility index (Phi) is 8.59. The molecule has 0 saturated carbocycles. The number of ether oxygens (including phenoxy) is 1. The van der Waals surface area contributed by atoms with Gasteiger partial charge in [-0.15, -0.1) is 0 Å². The van der Waals surface area contributed by atoms with E-state index in [4.69, 9.17) is 16.3 Å². The average molecular weight is 500 g/mol. The standard InChI is InChI=1S/C20H27F3N8O4/c21-15-8-13(30-11-14(35-20(30)34)10-26-19(33)18(22)23)1-2-16(15)29-4-3-27-31(6-5-29)17(32)7-12(9-24)28-25/h1-2,8-9,14,18,27-28H,3-7,10-11,24-25H2,(H,26,33)/b12-9-/t14-/m0/s1. The monoisotopic (exact) mass is 500 g/mol. The number of nitrogens with two attached hydrogens (primary N) is 2. The van der Waals surface area contributed by atoms with Gasteiger partial charge in [0, 0.05) is 25.8 Å². The van der Waals surface area contributed by atoms with E-state index in [1.807, 2.05) is 5.32 Å². The van der Waals surface area contributed by atoms with E-state index in [0.717, 1.165) is 4.90 Å². The Morgan fingerprint density at radius 3 is 2.71 bits per heavy atom. The number of amides is 3. The summed E-state index contributed by atoms with van der Waals surface area (Å²) in [6.45, 7) is 1.06. The number of hydrazine groups is 2. The third kappa shape index (κ3) is 6.45. The highest BCUT2D eigenvalue weighted by atomic mass is 19.3. The summed E-state index contributed by atoms with van der Waals surface area (Å²) in [6.07, 6.45) is -3.62. The predicted octanol–water partition coefficient (Wildman–Crippen LogP) is -0.661. The van der Waals surface area contributed by atoms with Crippen LogP contribution in [0.3, 0.4) is 0 Å². The Bertz CT molecular complexity index is 980. The summed E-state index contributed by atoms with van der Waals surface area (Å²) in [5.74, 6) is 2.99. The molecule has 7 N–H and O–H groups in total. The van der Waals surface area contributed by atoms with Gasteiger partial charge in [-0.2, -0.15) is 8.78 Å². The quantitative estimate of drug-likeness (QED) is 0.231. The van der Waals surface area contributed by atoms with Crippen LogP contribution in [0, 0.1) is 5.82 Å². The van der Waals surface area contributed by atoms with E-state index in [-0.39, 0.29) is 43.3 Å². The molecule has 1 aromatic rings. The molecule has 0 aromatic heterocycles. The normalized spacial score (nSPS) is 19.0. The highest BCUT2D eigenvalue weighted by Crippen LogP contribution is 2.28. The number of alkyl halides is 2. The molecule has 0 unspecified atom stereocenters. The Hall–Kier alpha value is -3.72. The molecule has 12 nitrogen and oxygen atoms in total. The minimum Gasteiger partial charge on any atom is -0.442 e. The van der Waals surface area contributed by atoms with Crippen molar-refractivity contribution in [2.75, 3.05) is 49.1 Å². The number of nitrogens with one attached hydrogen (secondary N) is 3. The summed E-state index contributed by atoms with van der Waals surface area (Å²) in [4.78, 5) is 38.5. The van der Waals surface area contributed by atoms with Crippen molar-refractivity contribution in [3.8, 4) is 0 Å². The fraction of sp³-hybridized carbons (Fsp3) is 0.450. The summed E-state index contributed by atoms with van der Waals surface area (Å²) in [7, 11) is 0. The van der Waals surface area contributed by atoms with Crippen LogP contribution in [0.25, 0.3) is 0 Å². The number of hydrogen-bond donors (Lipinski definition) is 5. The van der Waals surface area contributed by atoms with Gasteiger partial charge in [-0.1, -0.05) is 0 Å². The first-order valence-electron chi connectivity index (χ1n) is 10.7. The second-order valence-corrected chi connectivity index (χ2v) is 7.75. The average Bonchev–Trinajstić information content (AvgIpc) is 3.04. The van der Waals surface area contributed by atoms with Crippen molar-refractivity contribution in [1.29, 1.82) is 0 Å². The van der Waals surface area contributed by atoms with E-state index >= 15 is 4.39 Å². The second-order valence-electron chi connectivity index (χ2n) is 7.75. The van der Waals surface area contributed by atoms with Gasteiger partial charge in [0.15, 0.2) is 0 Å². The van der Waals surface area contributed by atoms with Crippen LogP contribution in [-0.4, -0.2) is 74.7 Å². The lowest BCUT2D eigenvalue weighted by molar-refractivity contribution is -0.133. The molecule has 3 rings (SSSR count). The number of benzene rings is 1. The zero-order valence-electron chi connectivity index (χ0n) is 18.7. The van der Waals surface area contributed by atoms with Gasteiger partial charge in [0.2, 0.25) is 5.91 Å². The highest BCUT2D eigenvalue weighted by Gasteiger charge is 2.33. The highest BCUT2D eigenvalue weighted by molar-refractivity contribution is 5.90. The predicted molar refractivity (Wildman–Crippen MR) is 119 cm³/mol. The SMILES string of the molecule is N/C=C(/CC(=O)N1CCN(c2ccc(N3C[C@H](CNC(=O)C(F)F)OC3=O)cc2F)CCN1)NN. The molecule has 3 amide bonds. The molecule has 192 valence electrons. The number of cyclic esters (lactones) is 1. The fourth-order valence-electron chi connectivity index (χ4n) is 3.65. The molecule has 2 saturated heterocycles.